The summed E-state index contributed by atoms with van der Waals surface area (Å²) < 4.78 is 0. The fourth-order valence-electron chi connectivity index (χ4n) is 3.58. The fourth-order valence-corrected chi connectivity index (χ4v) is 5.94. The number of thiol groups is 1. The first-order valence-electron chi connectivity index (χ1n) is 6.81. The molecular weight excluding hydrogens is 219 g/mol. The Labute approximate surface area is 102 Å². The highest BCUT2D eigenvalue weighted by Gasteiger charge is 2.30. The first-order valence-corrected chi connectivity index (χ1v) is 9.18. The molecule has 0 aromatic heterocycles. The van der Waals surface area contributed by atoms with E-state index in [2.05, 4.69) is 12.2 Å². The van der Waals surface area contributed by atoms with E-state index in [9.17, 15) is 0 Å². The highest BCUT2D eigenvalue weighted by Crippen LogP contribution is 2.45. The van der Waals surface area contributed by atoms with Crippen molar-refractivity contribution < 1.29 is 0 Å². The van der Waals surface area contributed by atoms with E-state index in [1.165, 1.54) is 64.2 Å². The maximum absolute atomic E-state index is 4.66. The lowest BCUT2D eigenvalue weighted by atomic mass is 9.77. The predicted molar refractivity (Wildman–Crippen MR) is 74.2 cm³/mol. The van der Waals surface area contributed by atoms with E-state index >= 15 is 0 Å². The Balaban J connectivity index is 1.88. The van der Waals surface area contributed by atoms with Crippen LogP contribution < -0.4 is 0 Å². The Morgan fingerprint density at radius 2 is 1.13 bits per heavy atom. The first kappa shape index (κ1) is 12.2. The van der Waals surface area contributed by atoms with Crippen molar-refractivity contribution in [2.75, 3.05) is 0 Å². The van der Waals surface area contributed by atoms with E-state index in [0.29, 0.717) is 0 Å². The quantitative estimate of drug-likeness (QED) is 0.522. The Hall–Kier alpha value is 0.780. The van der Waals surface area contributed by atoms with Gasteiger partial charge in [-0.1, -0.05) is 46.3 Å². The third kappa shape index (κ3) is 3.37. The average Bonchev–Trinajstić information content (AvgIpc) is 2.33. The minimum atomic E-state index is 0.905. The molecule has 2 rings (SSSR count). The van der Waals surface area contributed by atoms with Crippen LogP contribution in [0.5, 0.6) is 0 Å². The zero-order valence-electron chi connectivity index (χ0n) is 9.75. The molecule has 2 heteroatoms. The molecular formula is C13H25PS. The zero-order valence-corrected chi connectivity index (χ0v) is 11.6. The van der Waals surface area contributed by atoms with Crippen molar-refractivity contribution in [2.45, 2.75) is 69.9 Å². The van der Waals surface area contributed by atoms with Crippen LogP contribution in [0.3, 0.4) is 0 Å². The van der Waals surface area contributed by atoms with Crippen LogP contribution in [-0.4, -0.2) is 5.66 Å². The molecule has 2 fully saturated rings. The van der Waals surface area contributed by atoms with Crippen molar-refractivity contribution in [1.82, 2.24) is 0 Å². The van der Waals surface area contributed by atoms with Crippen LogP contribution in [-0.2, 0) is 0 Å². The summed E-state index contributed by atoms with van der Waals surface area (Å²) in [5, 5.41) is 0. The number of rotatable bonds is 3. The van der Waals surface area contributed by atoms with Gasteiger partial charge in [-0.05, 0) is 43.2 Å². The molecule has 0 nitrogen and oxygen atoms in total. The van der Waals surface area contributed by atoms with Gasteiger partial charge in [0.15, 0.2) is 0 Å². The predicted octanol–water partition coefficient (Wildman–Crippen LogP) is 5.04. The van der Waals surface area contributed by atoms with Crippen molar-refractivity contribution in [3.63, 3.8) is 0 Å². The molecule has 2 aliphatic rings. The smallest absolute Gasteiger partial charge is 0.00900 e. The summed E-state index contributed by atoms with van der Waals surface area (Å²) >= 11 is 4.66. The molecule has 0 bridgehead atoms. The normalized spacial score (nSPS) is 26.8. The van der Waals surface area contributed by atoms with Crippen molar-refractivity contribution in [3.8, 4) is 0 Å². The largest absolute Gasteiger partial charge is 0.154 e. The summed E-state index contributed by atoms with van der Waals surface area (Å²) in [6, 6.07) is 0. The molecule has 0 spiro atoms. The Morgan fingerprint density at radius 3 is 1.47 bits per heavy atom. The Bertz CT molecular complexity index is 153. The second-order valence-corrected chi connectivity index (χ2v) is 7.15. The van der Waals surface area contributed by atoms with Crippen molar-refractivity contribution >= 4 is 20.0 Å². The van der Waals surface area contributed by atoms with E-state index in [0.717, 1.165) is 25.3 Å². The van der Waals surface area contributed by atoms with Crippen LogP contribution in [0, 0.1) is 11.8 Å². The molecule has 2 saturated carbocycles. The Morgan fingerprint density at radius 1 is 0.733 bits per heavy atom. The summed E-state index contributed by atoms with van der Waals surface area (Å²) in [5.74, 6) is 2.08. The zero-order chi connectivity index (χ0) is 10.5. The number of hydrogen-bond donors (Lipinski definition) is 1. The summed E-state index contributed by atoms with van der Waals surface area (Å²) in [6.45, 7) is 0. The van der Waals surface area contributed by atoms with Crippen LogP contribution in [0.2, 0.25) is 0 Å². The van der Waals surface area contributed by atoms with E-state index in [1.807, 2.05) is 0 Å². The van der Waals surface area contributed by atoms with Gasteiger partial charge in [-0.25, -0.2) is 0 Å². The molecule has 0 aliphatic heterocycles. The average molecular weight is 244 g/mol. The minimum absolute atomic E-state index is 0.905. The van der Waals surface area contributed by atoms with Crippen LogP contribution >= 0.6 is 20.0 Å². The van der Waals surface area contributed by atoms with Crippen LogP contribution in [0.25, 0.3) is 0 Å². The summed E-state index contributed by atoms with van der Waals surface area (Å²) in [5.41, 5.74) is 0.980. The third-order valence-electron chi connectivity index (χ3n) is 4.46. The van der Waals surface area contributed by atoms with Gasteiger partial charge in [0.05, 0.1) is 0 Å². The van der Waals surface area contributed by atoms with Crippen molar-refractivity contribution in [1.29, 1.82) is 0 Å². The molecule has 88 valence electrons. The van der Waals surface area contributed by atoms with Crippen LogP contribution in [0.4, 0.5) is 0 Å². The lowest BCUT2D eigenvalue weighted by Gasteiger charge is -2.36. The van der Waals surface area contributed by atoms with Crippen LogP contribution in [0.1, 0.15) is 64.2 Å². The molecule has 0 aromatic rings. The molecule has 15 heavy (non-hydrogen) atoms. The van der Waals surface area contributed by atoms with Gasteiger partial charge in [0.25, 0.3) is 0 Å². The van der Waals surface area contributed by atoms with E-state index in [1.54, 1.807) is 0 Å². The molecule has 0 radical (unpaired) electrons. The highest BCUT2D eigenvalue weighted by atomic mass is 32.7. The van der Waals surface area contributed by atoms with Crippen molar-refractivity contribution in [3.05, 3.63) is 0 Å². The lowest BCUT2D eigenvalue weighted by Crippen LogP contribution is -2.28. The van der Waals surface area contributed by atoms with Gasteiger partial charge in [-0.15, -0.1) is 0 Å². The van der Waals surface area contributed by atoms with Gasteiger partial charge in [0.1, 0.15) is 0 Å². The molecule has 0 amide bonds. The monoisotopic (exact) mass is 244 g/mol. The molecule has 0 heterocycles. The molecule has 0 saturated heterocycles. The summed E-state index contributed by atoms with van der Waals surface area (Å²) in [4.78, 5) is 0. The maximum atomic E-state index is 4.66. The maximum Gasteiger partial charge on any atom is -0.00900 e. The topological polar surface area (TPSA) is 0 Å². The van der Waals surface area contributed by atoms with E-state index < -0.39 is 0 Å². The van der Waals surface area contributed by atoms with E-state index in [-0.39, 0.29) is 0 Å². The van der Waals surface area contributed by atoms with Crippen LogP contribution in [0.15, 0.2) is 0 Å². The first-order chi connectivity index (χ1) is 7.42. The fraction of sp³-hybridized carbons (Fsp3) is 1.00. The number of hydrogen-bond acceptors (Lipinski definition) is 1. The van der Waals surface area contributed by atoms with Gasteiger partial charge in [0, 0.05) is 0 Å². The summed E-state index contributed by atoms with van der Waals surface area (Å²) in [7, 11) is 0.905. The standard InChI is InChI=1S/C13H25PS/c15-14-13(11-7-3-1-4-8-11)12-9-5-2-6-10-12/h11-15H,1-10H2. The van der Waals surface area contributed by atoms with Gasteiger partial charge >= 0.3 is 0 Å². The molecule has 0 N–H and O–H groups in total. The highest BCUT2D eigenvalue weighted by molar-refractivity contribution is 8.38. The van der Waals surface area contributed by atoms with E-state index in [4.69, 9.17) is 0 Å². The van der Waals surface area contributed by atoms with Gasteiger partial charge in [-0.3, -0.25) is 0 Å². The molecule has 0 aromatic carbocycles. The SMILES string of the molecule is SPC(C1CCCCC1)C1CCCCC1. The Kier molecular flexibility index (Phi) is 5.30. The van der Waals surface area contributed by atoms with Gasteiger partial charge < -0.3 is 0 Å². The van der Waals surface area contributed by atoms with Crippen molar-refractivity contribution in [2.24, 2.45) is 11.8 Å². The van der Waals surface area contributed by atoms with Gasteiger partial charge in [0.2, 0.25) is 0 Å². The lowest BCUT2D eigenvalue weighted by molar-refractivity contribution is 0.254. The second kappa shape index (κ2) is 6.50. The molecule has 1 unspecified atom stereocenters. The molecule has 1 atom stereocenters. The third-order valence-corrected chi connectivity index (χ3v) is 6.60. The van der Waals surface area contributed by atoms with Gasteiger partial charge in [-0.2, -0.15) is 12.2 Å². The summed E-state index contributed by atoms with van der Waals surface area (Å²) in [6.07, 6.45) is 15.0. The minimum Gasteiger partial charge on any atom is -0.154 e. The second-order valence-electron chi connectivity index (χ2n) is 5.45. The molecule has 2 aliphatic carbocycles.